The van der Waals surface area contributed by atoms with Crippen LogP contribution in [0.4, 0.5) is 18.3 Å². The molecule has 0 radical (unpaired) electrons. The van der Waals surface area contributed by atoms with Crippen LogP contribution in [-0.2, 0) is 11.0 Å². The normalized spacial score (nSPS) is 16.1. The summed E-state index contributed by atoms with van der Waals surface area (Å²) >= 11 is 4.36. The zero-order chi connectivity index (χ0) is 18.5. The second-order valence-corrected chi connectivity index (χ2v) is 8.09. The number of halogens is 4. The molecule has 1 amide bonds. The first-order valence-corrected chi connectivity index (χ1v) is 9.30. The Morgan fingerprint density at radius 1 is 1.40 bits per heavy atom. The summed E-state index contributed by atoms with van der Waals surface area (Å²) < 4.78 is 40.6. The Morgan fingerprint density at radius 2 is 2.04 bits per heavy atom. The van der Waals surface area contributed by atoms with Crippen molar-refractivity contribution in [1.82, 2.24) is 14.8 Å². The van der Waals surface area contributed by atoms with Crippen molar-refractivity contribution in [3.63, 3.8) is 0 Å². The third-order valence-electron chi connectivity index (χ3n) is 4.12. The first-order valence-electron chi connectivity index (χ1n) is 7.69. The molecule has 136 valence electrons. The number of carbonyl (C=O) groups excluding carboxylic acids is 1. The van der Waals surface area contributed by atoms with Crippen molar-refractivity contribution in [3.05, 3.63) is 26.4 Å². The number of carbonyl (C=O) groups is 1. The van der Waals surface area contributed by atoms with Crippen LogP contribution in [0.1, 0.15) is 53.7 Å². The van der Waals surface area contributed by atoms with E-state index in [4.69, 9.17) is 0 Å². The van der Waals surface area contributed by atoms with Gasteiger partial charge in [0.05, 0.1) is 15.9 Å². The minimum atomic E-state index is -4.58. The number of aromatic nitrogens is 3. The summed E-state index contributed by atoms with van der Waals surface area (Å²) in [6, 6.07) is -0.882. The Bertz CT molecular complexity index is 806. The van der Waals surface area contributed by atoms with Crippen LogP contribution >= 0.6 is 27.3 Å². The lowest BCUT2D eigenvalue weighted by Gasteiger charge is -2.14. The summed E-state index contributed by atoms with van der Waals surface area (Å²) in [5.41, 5.74) is 0.254. The fraction of sp³-hybridized carbons (Fsp3) is 0.533. The highest BCUT2D eigenvalue weighted by Crippen LogP contribution is 2.47. The van der Waals surface area contributed by atoms with Crippen molar-refractivity contribution in [3.8, 4) is 0 Å². The van der Waals surface area contributed by atoms with Crippen molar-refractivity contribution < 1.29 is 18.0 Å². The van der Waals surface area contributed by atoms with Crippen LogP contribution < -0.4 is 5.32 Å². The summed E-state index contributed by atoms with van der Waals surface area (Å²) in [6.45, 7) is 5.25. The molecule has 2 heterocycles. The molecule has 1 N–H and O–H groups in total. The fourth-order valence-corrected chi connectivity index (χ4v) is 4.10. The molecule has 2 aromatic rings. The van der Waals surface area contributed by atoms with Crippen molar-refractivity contribution in [2.75, 3.05) is 5.32 Å². The maximum Gasteiger partial charge on any atom is 0.436 e. The number of nitrogens with zero attached hydrogens (tertiary/aromatic N) is 3. The minimum absolute atomic E-state index is 0.00224. The molecule has 0 aromatic carbocycles. The van der Waals surface area contributed by atoms with Crippen molar-refractivity contribution in [2.24, 2.45) is 0 Å². The molecule has 25 heavy (non-hydrogen) atoms. The maximum absolute atomic E-state index is 13.2. The van der Waals surface area contributed by atoms with Gasteiger partial charge in [-0.3, -0.25) is 9.48 Å². The highest BCUT2D eigenvalue weighted by Gasteiger charge is 2.43. The zero-order valence-corrected chi connectivity index (χ0v) is 16.1. The molecule has 1 aliphatic rings. The Balaban J connectivity index is 1.90. The molecule has 10 heteroatoms. The smallest absolute Gasteiger partial charge is 0.300 e. The summed E-state index contributed by atoms with van der Waals surface area (Å²) in [4.78, 5) is 17.7. The van der Waals surface area contributed by atoms with E-state index in [-0.39, 0.29) is 10.4 Å². The fourth-order valence-electron chi connectivity index (χ4n) is 2.47. The van der Waals surface area contributed by atoms with Gasteiger partial charge in [-0.25, -0.2) is 4.98 Å². The van der Waals surface area contributed by atoms with Gasteiger partial charge in [-0.05, 0) is 49.5 Å². The van der Waals surface area contributed by atoms with Crippen LogP contribution in [0.2, 0.25) is 0 Å². The van der Waals surface area contributed by atoms with Gasteiger partial charge >= 0.3 is 6.18 Å². The summed E-state index contributed by atoms with van der Waals surface area (Å²) in [5, 5.41) is 6.79. The van der Waals surface area contributed by atoms with Gasteiger partial charge in [0.2, 0.25) is 0 Å². The van der Waals surface area contributed by atoms with Crippen LogP contribution in [0.15, 0.2) is 4.47 Å². The molecule has 1 fully saturated rings. The van der Waals surface area contributed by atoms with E-state index >= 15 is 0 Å². The van der Waals surface area contributed by atoms with Crippen LogP contribution in [0, 0.1) is 13.8 Å². The van der Waals surface area contributed by atoms with Crippen molar-refractivity contribution in [1.29, 1.82) is 0 Å². The van der Waals surface area contributed by atoms with E-state index in [2.05, 4.69) is 31.3 Å². The molecule has 0 aliphatic heterocycles. The van der Waals surface area contributed by atoms with E-state index in [1.807, 2.05) is 13.8 Å². The molecule has 1 aliphatic carbocycles. The van der Waals surface area contributed by atoms with Crippen LogP contribution in [0.25, 0.3) is 0 Å². The van der Waals surface area contributed by atoms with Crippen LogP contribution in [0.3, 0.4) is 0 Å². The van der Waals surface area contributed by atoms with Gasteiger partial charge in [0.15, 0.2) is 10.8 Å². The van der Waals surface area contributed by atoms with E-state index in [1.54, 1.807) is 0 Å². The molecule has 1 atom stereocenters. The van der Waals surface area contributed by atoms with E-state index in [9.17, 15) is 18.0 Å². The number of anilines is 1. The molecule has 0 saturated heterocycles. The molecule has 2 aromatic heterocycles. The number of alkyl halides is 3. The van der Waals surface area contributed by atoms with Gasteiger partial charge in [-0.1, -0.05) is 0 Å². The first-order chi connectivity index (χ1) is 11.6. The first kappa shape index (κ1) is 18.4. The lowest BCUT2D eigenvalue weighted by molar-refractivity contribution is -0.142. The number of nitrogens with one attached hydrogen (secondary N) is 1. The molecular weight excluding hydrogens is 421 g/mol. The molecule has 0 spiro atoms. The second kappa shape index (κ2) is 6.39. The van der Waals surface area contributed by atoms with Gasteiger partial charge in [0, 0.05) is 10.8 Å². The average Bonchev–Trinajstić information content (AvgIpc) is 3.20. The highest BCUT2D eigenvalue weighted by molar-refractivity contribution is 9.10. The Hall–Kier alpha value is -1.42. The van der Waals surface area contributed by atoms with Gasteiger partial charge in [0.25, 0.3) is 5.91 Å². The summed E-state index contributed by atoms with van der Waals surface area (Å²) in [6.07, 6.45) is -2.99. The van der Waals surface area contributed by atoms with E-state index < -0.39 is 23.8 Å². The monoisotopic (exact) mass is 436 g/mol. The molecule has 1 saturated carbocycles. The largest absolute Gasteiger partial charge is 0.436 e. The quantitative estimate of drug-likeness (QED) is 0.747. The molecule has 3 rings (SSSR count). The second-order valence-electron chi connectivity index (χ2n) is 6.09. The number of hydrogen-bond acceptors (Lipinski definition) is 4. The topological polar surface area (TPSA) is 59.8 Å². The third kappa shape index (κ3) is 3.59. The van der Waals surface area contributed by atoms with E-state index in [0.717, 1.165) is 23.4 Å². The van der Waals surface area contributed by atoms with Crippen molar-refractivity contribution in [2.45, 2.75) is 51.7 Å². The Kier molecular flexibility index (Phi) is 4.69. The van der Waals surface area contributed by atoms with E-state index in [1.165, 1.54) is 22.9 Å². The number of amides is 1. The minimum Gasteiger partial charge on any atom is -0.300 e. The third-order valence-corrected chi connectivity index (χ3v) is 5.89. The van der Waals surface area contributed by atoms with Gasteiger partial charge in [0.1, 0.15) is 6.04 Å². The SMILES string of the molecule is Cc1nc(NC(=O)C(C)n2nc(C(F)(F)F)c(Br)c2C2CC2)sc1C. The molecule has 5 nitrogen and oxygen atoms in total. The standard InChI is InChI=1S/C15H16BrF3N4OS/c1-6-8(3)25-14(20-6)21-13(24)7(2)23-11(9-4-5-9)10(16)12(22-23)15(17,18)19/h7,9H,4-5H2,1-3H3,(H,20,21,24). The van der Waals surface area contributed by atoms with E-state index in [0.29, 0.717) is 10.8 Å². The van der Waals surface area contributed by atoms with Crippen LogP contribution in [-0.4, -0.2) is 20.7 Å². The lowest BCUT2D eigenvalue weighted by Crippen LogP contribution is -2.26. The average molecular weight is 437 g/mol. The summed E-state index contributed by atoms with van der Waals surface area (Å²) in [7, 11) is 0. The predicted molar refractivity (Wildman–Crippen MR) is 91.8 cm³/mol. The van der Waals surface area contributed by atoms with Gasteiger partial charge in [-0.2, -0.15) is 18.3 Å². The Morgan fingerprint density at radius 3 is 2.52 bits per heavy atom. The van der Waals surface area contributed by atoms with Crippen molar-refractivity contribution >= 4 is 38.3 Å². The zero-order valence-electron chi connectivity index (χ0n) is 13.7. The van der Waals surface area contributed by atoms with Gasteiger partial charge in [-0.15, -0.1) is 11.3 Å². The highest BCUT2D eigenvalue weighted by atomic mass is 79.9. The Labute approximate surface area is 154 Å². The summed E-state index contributed by atoms with van der Waals surface area (Å²) in [5.74, 6) is -0.447. The predicted octanol–water partition coefficient (Wildman–Crippen LogP) is 4.81. The number of rotatable bonds is 4. The number of hydrogen-bond donors (Lipinski definition) is 1. The molecule has 1 unspecified atom stereocenters. The number of aryl methyl sites for hydroxylation is 2. The van der Waals surface area contributed by atoms with Crippen LogP contribution in [0.5, 0.6) is 0 Å². The molecular formula is C15H16BrF3N4OS. The number of thiazole rings is 1. The lowest BCUT2D eigenvalue weighted by atomic mass is 10.2. The van der Waals surface area contributed by atoms with Gasteiger partial charge < -0.3 is 5.32 Å². The maximum atomic E-state index is 13.2. The molecule has 0 bridgehead atoms.